The number of aliphatic hydroxyl groups is 1. The first-order chi connectivity index (χ1) is 9.08. The number of ether oxygens (including phenoxy) is 2. The van der Waals surface area contributed by atoms with Crippen LogP contribution in [0.5, 0.6) is 0 Å². The van der Waals surface area contributed by atoms with E-state index in [2.05, 4.69) is 9.47 Å². The summed E-state index contributed by atoms with van der Waals surface area (Å²) in [4.78, 5) is 33.5. The maximum atomic E-state index is 12.7. The lowest BCUT2D eigenvalue weighted by Crippen LogP contribution is -2.54. The van der Waals surface area contributed by atoms with Gasteiger partial charge in [-0.05, 0) is 13.8 Å². The van der Waals surface area contributed by atoms with Gasteiger partial charge in [0.2, 0.25) is 0 Å². The summed E-state index contributed by atoms with van der Waals surface area (Å²) in [5.74, 6) is -4.30. The van der Waals surface area contributed by atoms with Gasteiger partial charge in [-0.1, -0.05) is 0 Å². The number of carbonyl (C=O) groups is 3. The molecule has 0 saturated carbocycles. The van der Waals surface area contributed by atoms with Crippen molar-refractivity contribution in [1.29, 1.82) is 0 Å². The number of hydrogen-bond acceptors (Lipinski definition) is 6. The van der Waals surface area contributed by atoms with E-state index >= 15 is 0 Å². The van der Waals surface area contributed by atoms with E-state index in [4.69, 9.17) is 0 Å². The topological polar surface area (TPSA) is 89.9 Å². The first kappa shape index (κ1) is 18.4. The van der Waals surface area contributed by atoms with Gasteiger partial charge in [-0.25, -0.2) is 4.79 Å². The molecule has 1 unspecified atom stereocenters. The van der Waals surface area contributed by atoms with E-state index in [0.29, 0.717) is 0 Å². The fourth-order valence-electron chi connectivity index (χ4n) is 1.26. The van der Waals surface area contributed by atoms with E-state index in [0.717, 1.165) is 0 Å². The van der Waals surface area contributed by atoms with Crippen molar-refractivity contribution < 1.29 is 42.1 Å². The predicted octanol–water partition coefficient (Wildman–Crippen LogP) is 0.755. The minimum Gasteiger partial charge on any atom is -0.466 e. The van der Waals surface area contributed by atoms with Gasteiger partial charge in [0.05, 0.1) is 19.6 Å². The van der Waals surface area contributed by atoms with Crippen molar-refractivity contribution in [3.63, 3.8) is 0 Å². The molecule has 0 rings (SSSR count). The molecule has 0 aliphatic carbocycles. The van der Waals surface area contributed by atoms with E-state index in [1.165, 1.54) is 13.8 Å². The molecule has 20 heavy (non-hydrogen) atoms. The van der Waals surface area contributed by atoms with Gasteiger partial charge in [0.1, 0.15) is 12.2 Å². The lowest BCUT2D eigenvalue weighted by Gasteiger charge is -2.27. The molecule has 1 atom stereocenters. The smallest absolute Gasteiger partial charge is 0.428 e. The second-order valence-corrected chi connectivity index (χ2v) is 3.78. The Labute approximate surface area is 112 Å². The number of rotatable bonds is 7. The normalized spacial score (nSPS) is 14.3. The number of ketones is 1. The molecule has 0 aromatic rings. The minimum absolute atomic E-state index is 0.0481. The Hall–Kier alpha value is -1.64. The van der Waals surface area contributed by atoms with Gasteiger partial charge in [0.25, 0.3) is 5.60 Å². The number of hydrogen-bond donors (Lipinski definition) is 1. The van der Waals surface area contributed by atoms with E-state index in [-0.39, 0.29) is 6.61 Å². The second-order valence-electron chi connectivity index (χ2n) is 3.78. The molecule has 0 bridgehead atoms. The monoisotopic (exact) mass is 300 g/mol. The zero-order valence-corrected chi connectivity index (χ0v) is 11.0. The molecule has 0 saturated heterocycles. The van der Waals surface area contributed by atoms with Crippen LogP contribution < -0.4 is 0 Å². The van der Waals surface area contributed by atoms with Gasteiger partial charge in [-0.2, -0.15) is 13.2 Å². The highest BCUT2D eigenvalue weighted by atomic mass is 19.4. The number of alkyl halides is 3. The molecule has 9 heteroatoms. The van der Waals surface area contributed by atoms with Crippen molar-refractivity contribution >= 4 is 17.7 Å². The van der Waals surface area contributed by atoms with Crippen molar-refractivity contribution in [1.82, 2.24) is 0 Å². The third-order valence-corrected chi connectivity index (χ3v) is 2.18. The molecule has 1 N–H and O–H groups in total. The minimum atomic E-state index is -5.40. The third-order valence-electron chi connectivity index (χ3n) is 2.18. The Morgan fingerprint density at radius 3 is 1.95 bits per heavy atom. The van der Waals surface area contributed by atoms with E-state index < -0.39 is 48.9 Å². The van der Waals surface area contributed by atoms with Crippen LogP contribution >= 0.6 is 0 Å². The Bertz CT molecular complexity index is 379. The summed E-state index contributed by atoms with van der Waals surface area (Å²) in [6.45, 7) is 2.25. The molecule has 0 heterocycles. The predicted molar refractivity (Wildman–Crippen MR) is 58.5 cm³/mol. The fraction of sp³-hybridized carbons (Fsp3) is 0.727. The van der Waals surface area contributed by atoms with Crippen LogP contribution in [-0.4, -0.2) is 47.8 Å². The van der Waals surface area contributed by atoms with Gasteiger partial charge in [-0.3, -0.25) is 9.59 Å². The van der Waals surface area contributed by atoms with Crippen LogP contribution in [0, 0.1) is 0 Å². The Morgan fingerprint density at radius 2 is 1.55 bits per heavy atom. The molecule has 0 aromatic carbocycles. The lowest BCUT2D eigenvalue weighted by atomic mass is 9.95. The number of carbonyl (C=O) groups excluding carboxylic acids is 3. The van der Waals surface area contributed by atoms with E-state index in [1.807, 2.05) is 0 Å². The summed E-state index contributed by atoms with van der Waals surface area (Å²) >= 11 is 0. The maximum Gasteiger partial charge on any atom is 0.428 e. The van der Waals surface area contributed by atoms with Gasteiger partial charge in [0, 0.05) is 0 Å². The van der Waals surface area contributed by atoms with Gasteiger partial charge >= 0.3 is 18.1 Å². The van der Waals surface area contributed by atoms with Gasteiger partial charge < -0.3 is 14.6 Å². The molecular formula is C11H15F3O6. The molecule has 0 amide bonds. The van der Waals surface area contributed by atoms with Crippen LogP contribution in [0.1, 0.15) is 26.7 Å². The average molecular weight is 300 g/mol. The Balaban J connectivity index is 4.97. The highest BCUT2D eigenvalue weighted by Gasteiger charge is 2.61. The van der Waals surface area contributed by atoms with Crippen molar-refractivity contribution in [2.75, 3.05) is 13.2 Å². The van der Waals surface area contributed by atoms with Crippen LogP contribution in [0.4, 0.5) is 13.2 Å². The highest BCUT2D eigenvalue weighted by Crippen LogP contribution is 2.34. The summed E-state index contributed by atoms with van der Waals surface area (Å²) in [6.07, 6.45) is -7.97. The van der Waals surface area contributed by atoms with Crippen LogP contribution in [0.3, 0.4) is 0 Å². The molecule has 0 aliphatic heterocycles. The summed E-state index contributed by atoms with van der Waals surface area (Å²) in [5, 5.41) is 9.39. The van der Waals surface area contributed by atoms with Crippen molar-refractivity contribution in [3.8, 4) is 0 Å². The summed E-state index contributed by atoms with van der Waals surface area (Å²) in [5.41, 5.74) is -3.97. The largest absolute Gasteiger partial charge is 0.466 e. The standard InChI is InChI=1S/C11H15F3O6/c1-3-19-8(16)5-7(15)6-10(18,11(12,13)14)9(17)20-4-2/h18H,3-6H2,1-2H3. The number of halogens is 3. The zero-order valence-electron chi connectivity index (χ0n) is 11.0. The fourth-order valence-corrected chi connectivity index (χ4v) is 1.26. The molecule has 116 valence electrons. The van der Waals surface area contributed by atoms with Crippen LogP contribution in [0.2, 0.25) is 0 Å². The summed E-state index contributed by atoms with van der Waals surface area (Å²) < 4.78 is 46.6. The Kier molecular flexibility index (Phi) is 6.63. The van der Waals surface area contributed by atoms with Crippen LogP contribution in [-0.2, 0) is 23.9 Å². The molecule has 0 aromatic heterocycles. The maximum absolute atomic E-state index is 12.7. The molecule has 0 fully saturated rings. The van der Waals surface area contributed by atoms with Crippen molar-refractivity contribution in [2.45, 2.75) is 38.5 Å². The molecule has 0 spiro atoms. The lowest BCUT2D eigenvalue weighted by molar-refractivity contribution is -0.263. The van der Waals surface area contributed by atoms with Crippen LogP contribution in [0.15, 0.2) is 0 Å². The summed E-state index contributed by atoms with van der Waals surface area (Å²) in [7, 11) is 0. The third kappa shape index (κ3) is 4.80. The summed E-state index contributed by atoms with van der Waals surface area (Å²) in [6, 6.07) is 0. The SMILES string of the molecule is CCOC(=O)CC(=O)CC(O)(C(=O)OCC)C(F)(F)F. The van der Waals surface area contributed by atoms with Gasteiger partial charge in [-0.15, -0.1) is 0 Å². The molecular weight excluding hydrogens is 285 g/mol. The van der Waals surface area contributed by atoms with Crippen molar-refractivity contribution in [2.24, 2.45) is 0 Å². The first-order valence-corrected chi connectivity index (χ1v) is 5.72. The molecule has 0 aliphatic rings. The highest BCUT2D eigenvalue weighted by molar-refractivity contribution is 5.98. The van der Waals surface area contributed by atoms with Crippen LogP contribution in [0.25, 0.3) is 0 Å². The first-order valence-electron chi connectivity index (χ1n) is 5.72. The number of esters is 2. The van der Waals surface area contributed by atoms with Gasteiger partial charge in [0.15, 0.2) is 0 Å². The quantitative estimate of drug-likeness (QED) is 0.551. The second kappa shape index (κ2) is 7.22. The molecule has 0 radical (unpaired) electrons. The van der Waals surface area contributed by atoms with E-state index in [1.54, 1.807) is 0 Å². The molecule has 6 nitrogen and oxygen atoms in total. The zero-order chi connectivity index (χ0) is 16.0. The Morgan fingerprint density at radius 1 is 1.05 bits per heavy atom. The number of Topliss-reactive ketones (excluding diaryl/α,β-unsaturated/α-hetero) is 1. The average Bonchev–Trinajstić information content (AvgIpc) is 2.27. The van der Waals surface area contributed by atoms with Crippen molar-refractivity contribution in [3.05, 3.63) is 0 Å². The van der Waals surface area contributed by atoms with E-state index in [9.17, 15) is 32.7 Å².